The Balaban J connectivity index is 1.18. The molecule has 48 heavy (non-hydrogen) atoms. The van der Waals surface area contributed by atoms with Gasteiger partial charge >= 0.3 is 5.97 Å². The number of β-amino-alcohol motifs (C(OH)–C–C–N with tert-alkyl or cyclic N) is 1. The molecule has 1 atom stereocenters. The lowest BCUT2D eigenvalue weighted by Crippen LogP contribution is -2.50. The van der Waals surface area contributed by atoms with E-state index in [9.17, 15) is 15.0 Å². The highest BCUT2D eigenvalue weighted by Crippen LogP contribution is 2.46. The minimum absolute atomic E-state index is 0.147. The number of nitrogens with zero attached hydrogens (tertiary/aromatic N) is 5. The van der Waals surface area contributed by atoms with Gasteiger partial charge in [-0.05, 0) is 50.4 Å². The van der Waals surface area contributed by atoms with Gasteiger partial charge in [0.2, 0.25) is 11.8 Å². The number of rotatable bonds is 9. The van der Waals surface area contributed by atoms with E-state index in [1.165, 1.54) is 5.56 Å². The molecule has 2 saturated heterocycles. The second-order valence-electron chi connectivity index (χ2n) is 12.7. The number of pyridine rings is 1. The van der Waals surface area contributed by atoms with E-state index in [1.54, 1.807) is 20.4 Å². The Hall–Kier alpha value is -3.80. The summed E-state index contributed by atoms with van der Waals surface area (Å²) >= 11 is 14.2. The molecule has 10 nitrogen and oxygen atoms in total. The Kier molecular flexibility index (Phi) is 9.28. The summed E-state index contributed by atoms with van der Waals surface area (Å²) in [6, 6.07) is 13.8. The van der Waals surface area contributed by atoms with Gasteiger partial charge in [-0.2, -0.15) is 0 Å². The number of hydrogen-bond acceptors (Lipinski definition) is 9. The molecule has 4 heterocycles. The molecular weight excluding hydrogens is 653 g/mol. The third-order valence-corrected chi connectivity index (χ3v) is 10.6. The Morgan fingerprint density at radius 3 is 2.10 bits per heavy atom. The van der Waals surface area contributed by atoms with Crippen LogP contribution in [0.15, 0.2) is 48.7 Å². The number of aliphatic hydroxyl groups excluding tert-OH is 1. The standard InChI is InChI=1S/C36H37Cl2N5O5/c1-47-34-29(19-42-17-22(44)18-42)39-16-28(41-34)26-8-4-6-24(33(26)38)23-5-3-7-25(32(23)37)27-15-21-9-10-30(31(21)35(40-27)48-2)43-13-11-20(12-14-43)36(45)46/h3-8,15-16,20,22,30,44H,9-14,17-19H2,1-2H3,(H,45,46). The topological polar surface area (TPSA) is 121 Å². The summed E-state index contributed by atoms with van der Waals surface area (Å²) in [6.07, 6.45) is 4.50. The summed E-state index contributed by atoms with van der Waals surface area (Å²) in [5.74, 6) is 0.00830. The predicted octanol–water partition coefficient (Wildman–Crippen LogP) is 6.16. The molecule has 1 aliphatic carbocycles. The molecule has 0 saturated carbocycles. The summed E-state index contributed by atoms with van der Waals surface area (Å²) in [5.41, 5.74) is 7.22. The van der Waals surface area contributed by atoms with Crippen molar-refractivity contribution in [3.8, 4) is 45.4 Å². The van der Waals surface area contributed by atoms with Crippen molar-refractivity contribution < 1.29 is 24.5 Å². The summed E-state index contributed by atoms with van der Waals surface area (Å²) in [7, 11) is 3.21. The zero-order chi connectivity index (χ0) is 33.5. The Labute approximate surface area is 289 Å². The quantitative estimate of drug-likeness (QED) is 0.211. The highest BCUT2D eigenvalue weighted by Gasteiger charge is 2.36. The minimum Gasteiger partial charge on any atom is -0.481 e. The average molecular weight is 691 g/mol. The van der Waals surface area contributed by atoms with Crippen LogP contribution in [0.5, 0.6) is 11.8 Å². The maximum atomic E-state index is 11.5. The number of aryl methyl sites for hydroxylation is 1. The fraction of sp³-hybridized carbons (Fsp3) is 0.389. The molecule has 0 bridgehead atoms. The molecule has 2 N–H and O–H groups in total. The van der Waals surface area contributed by atoms with Gasteiger partial charge in [0.15, 0.2) is 0 Å². The number of halogens is 2. The molecule has 2 fully saturated rings. The Bertz CT molecular complexity index is 1860. The van der Waals surface area contributed by atoms with Crippen molar-refractivity contribution >= 4 is 29.2 Å². The number of carboxylic acid groups (broad SMARTS) is 1. The van der Waals surface area contributed by atoms with Crippen LogP contribution in [0, 0.1) is 5.92 Å². The van der Waals surface area contributed by atoms with Crippen molar-refractivity contribution in [3.63, 3.8) is 0 Å². The number of benzene rings is 2. The lowest BCUT2D eigenvalue weighted by Gasteiger charge is -2.35. The van der Waals surface area contributed by atoms with E-state index in [0.29, 0.717) is 71.2 Å². The van der Waals surface area contributed by atoms with E-state index >= 15 is 0 Å². The zero-order valence-corrected chi connectivity index (χ0v) is 28.3. The fourth-order valence-corrected chi connectivity index (χ4v) is 7.91. The Morgan fingerprint density at radius 2 is 1.50 bits per heavy atom. The SMILES string of the molecule is COc1nc(-c2cccc(-c3cccc(-c4cc5c(c(OC)n4)C(N4CCC(C(=O)O)CC4)CC5)c3Cl)c2Cl)cnc1CN1CC(O)C1. The molecule has 4 aromatic rings. The Morgan fingerprint density at radius 1 is 0.896 bits per heavy atom. The van der Waals surface area contributed by atoms with Gasteiger partial charge in [0.1, 0.15) is 5.69 Å². The van der Waals surface area contributed by atoms with Gasteiger partial charge < -0.3 is 19.7 Å². The van der Waals surface area contributed by atoms with Crippen molar-refractivity contribution in [2.24, 2.45) is 5.92 Å². The van der Waals surface area contributed by atoms with E-state index < -0.39 is 5.97 Å². The molecule has 2 aromatic heterocycles. The van der Waals surface area contributed by atoms with Crippen molar-refractivity contribution in [1.29, 1.82) is 0 Å². The lowest BCUT2D eigenvalue weighted by atomic mass is 9.94. The number of ether oxygens (including phenoxy) is 2. The van der Waals surface area contributed by atoms with Crippen LogP contribution in [0.4, 0.5) is 0 Å². The summed E-state index contributed by atoms with van der Waals surface area (Å²) in [5, 5.41) is 20.1. The number of piperidine rings is 1. The molecule has 12 heteroatoms. The van der Waals surface area contributed by atoms with Crippen molar-refractivity contribution in [2.75, 3.05) is 40.4 Å². The van der Waals surface area contributed by atoms with Gasteiger partial charge in [0.05, 0.1) is 53.9 Å². The largest absolute Gasteiger partial charge is 0.481 e. The first-order valence-corrected chi connectivity index (χ1v) is 16.9. The first-order valence-electron chi connectivity index (χ1n) is 16.2. The molecule has 0 spiro atoms. The third kappa shape index (κ3) is 6.12. The van der Waals surface area contributed by atoms with Crippen LogP contribution in [0.25, 0.3) is 33.6 Å². The van der Waals surface area contributed by atoms with E-state index in [1.807, 2.05) is 36.4 Å². The average Bonchev–Trinajstić information content (AvgIpc) is 3.52. The number of carboxylic acids is 1. The molecule has 3 aliphatic rings. The zero-order valence-electron chi connectivity index (χ0n) is 26.8. The van der Waals surface area contributed by atoms with E-state index in [-0.39, 0.29) is 18.1 Å². The number of aromatic nitrogens is 3. The van der Waals surface area contributed by atoms with Gasteiger partial charge in [-0.1, -0.05) is 59.6 Å². The normalized spacial score (nSPS) is 18.8. The summed E-state index contributed by atoms with van der Waals surface area (Å²) < 4.78 is 11.4. The first kappa shape index (κ1) is 32.7. The number of methoxy groups -OCH3 is 2. The molecule has 1 unspecified atom stereocenters. The maximum Gasteiger partial charge on any atom is 0.306 e. The maximum absolute atomic E-state index is 11.5. The van der Waals surface area contributed by atoms with E-state index in [0.717, 1.165) is 53.9 Å². The number of hydrogen-bond donors (Lipinski definition) is 2. The molecule has 7 rings (SSSR count). The number of fused-ring (bicyclic) bond motifs is 1. The van der Waals surface area contributed by atoms with Crippen LogP contribution >= 0.6 is 23.2 Å². The number of aliphatic hydroxyl groups is 1. The highest BCUT2D eigenvalue weighted by atomic mass is 35.5. The van der Waals surface area contributed by atoms with Crippen LogP contribution in [-0.4, -0.2) is 87.4 Å². The van der Waals surface area contributed by atoms with Crippen LogP contribution in [0.3, 0.4) is 0 Å². The van der Waals surface area contributed by atoms with Crippen molar-refractivity contribution in [1.82, 2.24) is 24.8 Å². The van der Waals surface area contributed by atoms with Crippen molar-refractivity contribution in [2.45, 2.75) is 44.4 Å². The molecule has 0 radical (unpaired) electrons. The van der Waals surface area contributed by atoms with Gasteiger partial charge in [-0.15, -0.1) is 0 Å². The summed E-state index contributed by atoms with van der Waals surface area (Å²) in [4.78, 5) is 30.3. The van der Waals surface area contributed by atoms with Gasteiger partial charge in [-0.3, -0.25) is 19.6 Å². The highest BCUT2D eigenvalue weighted by molar-refractivity contribution is 6.39. The van der Waals surface area contributed by atoms with Gasteiger partial charge in [0, 0.05) is 53.5 Å². The molecular formula is C36H37Cl2N5O5. The van der Waals surface area contributed by atoms with Crippen LogP contribution in [0.1, 0.15) is 42.1 Å². The molecule has 2 aromatic carbocycles. The second kappa shape index (κ2) is 13.6. The van der Waals surface area contributed by atoms with Crippen molar-refractivity contribution in [3.05, 3.63) is 75.5 Å². The van der Waals surface area contributed by atoms with Gasteiger partial charge in [0.25, 0.3) is 0 Å². The summed E-state index contributed by atoms with van der Waals surface area (Å²) in [6.45, 7) is 3.22. The molecule has 250 valence electrons. The van der Waals surface area contributed by atoms with Gasteiger partial charge in [-0.25, -0.2) is 9.97 Å². The first-order chi connectivity index (χ1) is 23.2. The lowest BCUT2D eigenvalue weighted by molar-refractivity contribution is -0.143. The van der Waals surface area contributed by atoms with E-state index in [4.69, 9.17) is 42.6 Å². The van der Waals surface area contributed by atoms with E-state index in [2.05, 4.69) is 20.9 Å². The number of aliphatic carboxylic acids is 1. The number of carbonyl (C=O) groups is 1. The van der Waals surface area contributed by atoms with Crippen LogP contribution in [-0.2, 0) is 17.8 Å². The monoisotopic (exact) mass is 689 g/mol. The fourth-order valence-electron chi connectivity index (χ4n) is 7.26. The minimum atomic E-state index is -0.708. The third-order valence-electron chi connectivity index (χ3n) is 9.80. The molecule has 0 amide bonds. The van der Waals surface area contributed by atoms with Crippen LogP contribution in [0.2, 0.25) is 10.0 Å². The number of likely N-dealkylation sites (tertiary alicyclic amines) is 2. The van der Waals surface area contributed by atoms with Crippen LogP contribution < -0.4 is 9.47 Å². The predicted molar refractivity (Wildman–Crippen MR) is 184 cm³/mol. The smallest absolute Gasteiger partial charge is 0.306 e. The second-order valence-corrected chi connectivity index (χ2v) is 13.4. The molecule has 2 aliphatic heterocycles.